The Labute approximate surface area is 180 Å². The van der Waals surface area contributed by atoms with Gasteiger partial charge in [-0.05, 0) is 48.4 Å². The molecule has 1 N–H and O–H groups in total. The van der Waals surface area contributed by atoms with Gasteiger partial charge >= 0.3 is 0 Å². The number of rotatable bonds is 7. The second kappa shape index (κ2) is 9.42. The van der Waals surface area contributed by atoms with Crippen LogP contribution in [0.4, 0.5) is 5.69 Å². The van der Waals surface area contributed by atoms with Gasteiger partial charge in [0.15, 0.2) is 11.5 Å². The highest BCUT2D eigenvalue weighted by Crippen LogP contribution is 2.37. The van der Waals surface area contributed by atoms with Crippen molar-refractivity contribution in [1.29, 1.82) is 0 Å². The monoisotopic (exact) mass is 435 g/mol. The van der Waals surface area contributed by atoms with E-state index in [1.807, 2.05) is 61.5 Å². The van der Waals surface area contributed by atoms with Crippen molar-refractivity contribution in [3.63, 3.8) is 0 Å². The maximum Gasteiger partial charge on any atom is 0.180 e. The van der Waals surface area contributed by atoms with Crippen molar-refractivity contribution in [3.8, 4) is 11.5 Å². The first-order valence-corrected chi connectivity index (χ1v) is 9.84. The fraction of sp³-hybridized carbons (Fsp3) is 0.182. The second-order valence-electron chi connectivity index (χ2n) is 6.26. The maximum absolute atomic E-state index is 6.47. The van der Waals surface area contributed by atoms with Gasteiger partial charge < -0.3 is 14.8 Å². The maximum atomic E-state index is 6.47. The van der Waals surface area contributed by atoms with Crippen LogP contribution < -0.4 is 14.8 Å². The minimum Gasteiger partial charge on any atom is -0.493 e. The summed E-state index contributed by atoms with van der Waals surface area (Å²) in [6.07, 6.45) is 0. The predicted molar refractivity (Wildman–Crippen MR) is 117 cm³/mol. The Balaban J connectivity index is 1.75. The number of halogens is 3. The molecule has 3 nitrogen and oxygen atoms in total. The van der Waals surface area contributed by atoms with Crippen LogP contribution in [-0.4, -0.2) is 7.11 Å². The average molecular weight is 437 g/mol. The zero-order valence-corrected chi connectivity index (χ0v) is 17.8. The van der Waals surface area contributed by atoms with Crippen LogP contribution in [0.15, 0.2) is 54.6 Å². The van der Waals surface area contributed by atoms with Crippen LogP contribution in [-0.2, 0) is 13.2 Å². The number of nitrogens with one attached hydrogen (secondary N) is 1. The lowest BCUT2D eigenvalue weighted by Crippen LogP contribution is -2.04. The molecule has 0 aromatic heterocycles. The molecule has 0 spiro atoms. The van der Waals surface area contributed by atoms with Gasteiger partial charge in [-0.25, -0.2) is 0 Å². The molecule has 3 aromatic carbocycles. The topological polar surface area (TPSA) is 30.5 Å². The van der Waals surface area contributed by atoms with Crippen molar-refractivity contribution in [2.75, 3.05) is 12.4 Å². The van der Waals surface area contributed by atoms with Gasteiger partial charge in [-0.15, -0.1) is 0 Å². The van der Waals surface area contributed by atoms with Gasteiger partial charge in [0.2, 0.25) is 0 Å². The highest BCUT2D eigenvalue weighted by Gasteiger charge is 2.13. The van der Waals surface area contributed by atoms with Crippen LogP contribution >= 0.6 is 34.8 Å². The molecule has 0 aliphatic heterocycles. The minimum atomic E-state index is 0.301. The molecular weight excluding hydrogens is 417 g/mol. The molecule has 3 aromatic rings. The third-order valence-electron chi connectivity index (χ3n) is 4.37. The number of hydrogen-bond donors (Lipinski definition) is 1. The molecule has 0 saturated heterocycles. The first-order valence-electron chi connectivity index (χ1n) is 8.71. The minimum absolute atomic E-state index is 0.301. The van der Waals surface area contributed by atoms with Crippen LogP contribution in [0.25, 0.3) is 0 Å². The highest BCUT2D eigenvalue weighted by molar-refractivity contribution is 6.32. The summed E-state index contributed by atoms with van der Waals surface area (Å²) in [6, 6.07) is 17.1. The van der Waals surface area contributed by atoms with E-state index in [1.54, 1.807) is 7.11 Å². The van der Waals surface area contributed by atoms with E-state index in [-0.39, 0.29) is 0 Å². The van der Waals surface area contributed by atoms with E-state index >= 15 is 0 Å². The standard InChI is InChI=1S/C22H20Cl3NO2/c1-14-17(23)8-5-9-20(14)26-12-15-10-19(25)22(21(11-15)27-2)28-13-16-6-3-4-7-18(16)24/h3-11,26H,12-13H2,1-2H3. The van der Waals surface area contributed by atoms with Gasteiger partial charge in [-0.3, -0.25) is 0 Å². The third-order valence-corrected chi connectivity index (χ3v) is 5.43. The molecule has 0 aliphatic carbocycles. The Hall–Kier alpha value is -2.07. The summed E-state index contributed by atoms with van der Waals surface area (Å²) < 4.78 is 11.4. The number of methoxy groups -OCH3 is 1. The Morgan fingerprint density at radius 1 is 0.893 bits per heavy atom. The Morgan fingerprint density at radius 3 is 2.39 bits per heavy atom. The van der Waals surface area contributed by atoms with E-state index in [4.69, 9.17) is 44.3 Å². The van der Waals surface area contributed by atoms with E-state index in [1.165, 1.54) is 0 Å². The summed E-state index contributed by atoms with van der Waals surface area (Å²) in [5.41, 5.74) is 3.82. The average Bonchev–Trinajstić information content (AvgIpc) is 2.69. The molecule has 0 radical (unpaired) electrons. The zero-order chi connectivity index (χ0) is 20.1. The van der Waals surface area contributed by atoms with Crippen molar-refractivity contribution >= 4 is 40.5 Å². The molecule has 0 amide bonds. The van der Waals surface area contributed by atoms with Crippen LogP contribution in [0, 0.1) is 6.92 Å². The lowest BCUT2D eigenvalue weighted by Gasteiger charge is -2.16. The number of hydrogen-bond acceptors (Lipinski definition) is 3. The first-order chi connectivity index (χ1) is 13.5. The predicted octanol–water partition coefficient (Wildman–Crippen LogP) is 7.15. The lowest BCUT2D eigenvalue weighted by atomic mass is 10.1. The molecule has 0 atom stereocenters. The van der Waals surface area contributed by atoms with E-state index in [0.29, 0.717) is 34.7 Å². The molecule has 0 fully saturated rings. The third kappa shape index (κ3) is 4.85. The largest absolute Gasteiger partial charge is 0.493 e. The second-order valence-corrected chi connectivity index (χ2v) is 7.48. The summed E-state index contributed by atoms with van der Waals surface area (Å²) in [4.78, 5) is 0. The van der Waals surface area contributed by atoms with Crippen molar-refractivity contribution in [2.45, 2.75) is 20.1 Å². The number of anilines is 1. The van der Waals surface area contributed by atoms with Gasteiger partial charge in [-0.1, -0.05) is 59.1 Å². The summed E-state index contributed by atoms with van der Waals surface area (Å²) in [7, 11) is 1.59. The fourth-order valence-electron chi connectivity index (χ4n) is 2.78. The normalized spacial score (nSPS) is 10.6. The molecule has 146 valence electrons. The summed E-state index contributed by atoms with van der Waals surface area (Å²) in [5.74, 6) is 1.06. The van der Waals surface area contributed by atoms with Gasteiger partial charge in [0, 0.05) is 27.8 Å². The molecular formula is C22H20Cl3NO2. The van der Waals surface area contributed by atoms with E-state index in [2.05, 4.69) is 5.32 Å². The fourth-order valence-corrected chi connectivity index (χ4v) is 3.43. The van der Waals surface area contributed by atoms with Crippen molar-refractivity contribution in [2.24, 2.45) is 0 Å². The highest BCUT2D eigenvalue weighted by atomic mass is 35.5. The molecule has 3 rings (SSSR count). The van der Waals surface area contributed by atoms with E-state index in [0.717, 1.165) is 27.4 Å². The van der Waals surface area contributed by atoms with Gasteiger partial charge in [0.05, 0.1) is 12.1 Å². The van der Waals surface area contributed by atoms with Crippen LogP contribution in [0.5, 0.6) is 11.5 Å². The Morgan fingerprint density at radius 2 is 1.64 bits per heavy atom. The summed E-state index contributed by atoms with van der Waals surface area (Å²) >= 11 is 18.8. The van der Waals surface area contributed by atoms with E-state index < -0.39 is 0 Å². The zero-order valence-electron chi connectivity index (χ0n) is 15.6. The summed E-state index contributed by atoms with van der Waals surface area (Å²) in [5, 5.41) is 5.23. The van der Waals surface area contributed by atoms with Gasteiger partial charge in [0.1, 0.15) is 6.61 Å². The SMILES string of the molecule is COc1cc(CNc2cccc(Cl)c2C)cc(Cl)c1OCc1ccccc1Cl. The van der Waals surface area contributed by atoms with Crippen molar-refractivity contribution < 1.29 is 9.47 Å². The van der Waals surface area contributed by atoms with E-state index in [9.17, 15) is 0 Å². The molecule has 0 aliphatic rings. The quantitative estimate of drug-likeness (QED) is 0.426. The van der Waals surface area contributed by atoms with Crippen LogP contribution in [0.1, 0.15) is 16.7 Å². The molecule has 28 heavy (non-hydrogen) atoms. The molecule has 0 heterocycles. The molecule has 0 bridgehead atoms. The Bertz CT molecular complexity index is 976. The van der Waals surface area contributed by atoms with Crippen LogP contribution in [0.3, 0.4) is 0 Å². The molecule has 0 saturated carbocycles. The Kier molecular flexibility index (Phi) is 6.95. The number of benzene rings is 3. The molecule has 6 heteroatoms. The smallest absolute Gasteiger partial charge is 0.180 e. The van der Waals surface area contributed by atoms with Gasteiger partial charge in [0.25, 0.3) is 0 Å². The van der Waals surface area contributed by atoms with Gasteiger partial charge in [-0.2, -0.15) is 0 Å². The van der Waals surface area contributed by atoms with Crippen LogP contribution in [0.2, 0.25) is 15.1 Å². The molecule has 0 unspecified atom stereocenters. The number of ether oxygens (including phenoxy) is 2. The van der Waals surface area contributed by atoms with Crippen molar-refractivity contribution in [3.05, 3.63) is 86.4 Å². The van der Waals surface area contributed by atoms with Crippen molar-refractivity contribution in [1.82, 2.24) is 0 Å². The lowest BCUT2D eigenvalue weighted by molar-refractivity contribution is 0.284. The summed E-state index contributed by atoms with van der Waals surface area (Å²) in [6.45, 7) is 2.85. The first kappa shape index (κ1) is 20.7.